The van der Waals surface area contributed by atoms with Crippen LogP contribution in [0.15, 0.2) is 40.8 Å². The van der Waals surface area contributed by atoms with Crippen LogP contribution >= 0.6 is 0 Å². The van der Waals surface area contributed by atoms with Gasteiger partial charge in [0.15, 0.2) is 5.76 Å². The fourth-order valence-electron chi connectivity index (χ4n) is 2.82. The molecule has 134 valence electrons. The van der Waals surface area contributed by atoms with Crippen molar-refractivity contribution in [3.05, 3.63) is 58.8 Å². The van der Waals surface area contributed by atoms with Crippen molar-refractivity contribution in [2.45, 2.75) is 13.8 Å². The van der Waals surface area contributed by atoms with Crippen molar-refractivity contribution in [3.8, 4) is 5.75 Å². The van der Waals surface area contributed by atoms with E-state index in [4.69, 9.17) is 13.9 Å². The van der Waals surface area contributed by atoms with Crippen molar-refractivity contribution in [2.75, 3.05) is 19.5 Å². The van der Waals surface area contributed by atoms with Crippen molar-refractivity contribution < 1.29 is 23.5 Å². The van der Waals surface area contributed by atoms with Crippen LogP contribution in [0.5, 0.6) is 5.75 Å². The van der Waals surface area contributed by atoms with Crippen molar-refractivity contribution in [1.82, 2.24) is 0 Å². The van der Waals surface area contributed by atoms with Gasteiger partial charge in [0.25, 0.3) is 5.91 Å². The Labute approximate surface area is 150 Å². The van der Waals surface area contributed by atoms with E-state index in [9.17, 15) is 9.59 Å². The molecule has 0 aliphatic rings. The Morgan fingerprint density at radius 2 is 1.81 bits per heavy atom. The number of fused-ring (bicyclic) bond motifs is 1. The van der Waals surface area contributed by atoms with Crippen LogP contribution in [-0.4, -0.2) is 26.1 Å². The number of esters is 1. The molecule has 0 fully saturated rings. The number of hydrogen-bond acceptors (Lipinski definition) is 5. The number of carbonyl (C=O) groups is 2. The predicted octanol–water partition coefficient (Wildman–Crippen LogP) is 4.10. The second-order valence-corrected chi connectivity index (χ2v) is 5.84. The number of carbonyl (C=O) groups excluding carboxylic acids is 2. The summed E-state index contributed by atoms with van der Waals surface area (Å²) in [5.41, 5.74) is 2.88. The molecule has 3 aromatic rings. The first-order valence-corrected chi connectivity index (χ1v) is 8.02. The van der Waals surface area contributed by atoms with Crippen LogP contribution in [0.3, 0.4) is 0 Å². The summed E-state index contributed by atoms with van der Waals surface area (Å²) in [6.07, 6.45) is 0. The third kappa shape index (κ3) is 3.01. The molecule has 0 saturated heterocycles. The van der Waals surface area contributed by atoms with E-state index in [0.29, 0.717) is 28.1 Å². The molecule has 1 heterocycles. The van der Waals surface area contributed by atoms with E-state index in [2.05, 4.69) is 5.32 Å². The maximum atomic E-state index is 12.7. The van der Waals surface area contributed by atoms with Crippen LogP contribution in [0.2, 0.25) is 0 Å². The normalized spacial score (nSPS) is 10.6. The average molecular weight is 353 g/mol. The van der Waals surface area contributed by atoms with Crippen LogP contribution in [0.25, 0.3) is 11.0 Å². The molecule has 0 saturated carbocycles. The Hall–Kier alpha value is -3.28. The van der Waals surface area contributed by atoms with Gasteiger partial charge in [0, 0.05) is 16.6 Å². The Bertz CT molecular complexity index is 1000. The highest BCUT2D eigenvalue weighted by molar-refractivity contribution is 6.07. The first-order chi connectivity index (χ1) is 12.5. The van der Waals surface area contributed by atoms with Gasteiger partial charge in [0.2, 0.25) is 0 Å². The lowest BCUT2D eigenvalue weighted by molar-refractivity contribution is 0.0599. The molecule has 1 amide bonds. The number of aryl methyl sites for hydroxylation is 1. The largest absolute Gasteiger partial charge is 0.497 e. The number of furan rings is 1. The maximum Gasteiger partial charge on any atom is 0.338 e. The molecular formula is C20H19NO5. The molecule has 0 radical (unpaired) electrons. The van der Waals surface area contributed by atoms with Crippen molar-refractivity contribution in [3.63, 3.8) is 0 Å². The first-order valence-electron chi connectivity index (χ1n) is 8.02. The topological polar surface area (TPSA) is 77.8 Å². The van der Waals surface area contributed by atoms with Crippen LogP contribution in [0.1, 0.15) is 32.0 Å². The minimum absolute atomic E-state index is 0.219. The Morgan fingerprint density at radius 1 is 1.04 bits per heavy atom. The number of amides is 1. The lowest BCUT2D eigenvalue weighted by atomic mass is 10.1. The summed E-state index contributed by atoms with van der Waals surface area (Å²) in [6.45, 7) is 3.57. The third-order valence-corrected chi connectivity index (χ3v) is 4.34. The smallest absolute Gasteiger partial charge is 0.338 e. The highest BCUT2D eigenvalue weighted by Crippen LogP contribution is 2.29. The van der Waals surface area contributed by atoms with Crippen molar-refractivity contribution >= 4 is 28.5 Å². The fourth-order valence-corrected chi connectivity index (χ4v) is 2.82. The van der Waals surface area contributed by atoms with Gasteiger partial charge in [-0.15, -0.1) is 0 Å². The van der Waals surface area contributed by atoms with Gasteiger partial charge >= 0.3 is 5.97 Å². The van der Waals surface area contributed by atoms with Gasteiger partial charge in [-0.05, 0) is 49.7 Å². The van der Waals surface area contributed by atoms with E-state index >= 15 is 0 Å². The highest BCUT2D eigenvalue weighted by Gasteiger charge is 2.20. The second kappa shape index (κ2) is 6.92. The van der Waals surface area contributed by atoms with Gasteiger partial charge in [0.1, 0.15) is 11.3 Å². The Morgan fingerprint density at radius 3 is 2.50 bits per heavy atom. The monoisotopic (exact) mass is 353 g/mol. The second-order valence-electron chi connectivity index (χ2n) is 5.84. The SMILES string of the molecule is COC(=O)c1cccc(NC(=O)c2oc3ccc(OC)cc3c2C)c1C. The van der Waals surface area contributed by atoms with E-state index < -0.39 is 5.97 Å². The van der Waals surface area contributed by atoms with Crippen molar-refractivity contribution in [1.29, 1.82) is 0 Å². The number of rotatable bonds is 4. The van der Waals surface area contributed by atoms with Gasteiger partial charge in [-0.3, -0.25) is 4.79 Å². The molecule has 6 heteroatoms. The molecule has 26 heavy (non-hydrogen) atoms. The predicted molar refractivity (Wildman–Crippen MR) is 98.0 cm³/mol. The number of hydrogen-bond donors (Lipinski definition) is 1. The fraction of sp³-hybridized carbons (Fsp3) is 0.200. The minimum Gasteiger partial charge on any atom is -0.497 e. The van der Waals surface area contributed by atoms with E-state index in [1.165, 1.54) is 7.11 Å². The number of methoxy groups -OCH3 is 2. The Kier molecular flexibility index (Phi) is 4.67. The standard InChI is InChI=1S/C20H19NO5/c1-11-14(20(23)25-4)6-5-7-16(11)21-19(22)18-12(2)15-10-13(24-3)8-9-17(15)26-18/h5-10H,1-4H3,(H,21,22). The lowest BCUT2D eigenvalue weighted by Crippen LogP contribution is -2.14. The molecule has 1 N–H and O–H groups in total. The summed E-state index contributed by atoms with van der Waals surface area (Å²) in [7, 11) is 2.90. The van der Waals surface area contributed by atoms with E-state index in [1.807, 2.05) is 13.0 Å². The maximum absolute atomic E-state index is 12.7. The zero-order valence-corrected chi connectivity index (χ0v) is 15.0. The van der Waals surface area contributed by atoms with Crippen LogP contribution in [-0.2, 0) is 4.74 Å². The molecule has 0 bridgehead atoms. The summed E-state index contributed by atoms with van der Waals surface area (Å²) in [6, 6.07) is 10.4. The lowest BCUT2D eigenvalue weighted by Gasteiger charge is -2.10. The van der Waals surface area contributed by atoms with E-state index in [-0.39, 0.29) is 11.7 Å². The molecule has 0 unspecified atom stereocenters. The molecule has 1 aromatic heterocycles. The summed E-state index contributed by atoms with van der Waals surface area (Å²) in [4.78, 5) is 24.5. The molecule has 0 aliphatic heterocycles. The summed E-state index contributed by atoms with van der Waals surface area (Å²) in [5.74, 6) is 0.0690. The first kappa shape index (κ1) is 17.5. The summed E-state index contributed by atoms with van der Waals surface area (Å²) in [5, 5.41) is 3.62. The van der Waals surface area contributed by atoms with Gasteiger partial charge in [-0.1, -0.05) is 6.07 Å². The molecular weight excluding hydrogens is 334 g/mol. The quantitative estimate of drug-likeness (QED) is 0.715. The zero-order chi connectivity index (χ0) is 18.8. The number of nitrogens with one attached hydrogen (secondary N) is 1. The average Bonchev–Trinajstić information content (AvgIpc) is 2.99. The molecule has 6 nitrogen and oxygen atoms in total. The van der Waals surface area contributed by atoms with E-state index in [1.54, 1.807) is 44.4 Å². The highest BCUT2D eigenvalue weighted by atomic mass is 16.5. The van der Waals surface area contributed by atoms with Crippen LogP contribution in [0, 0.1) is 13.8 Å². The van der Waals surface area contributed by atoms with Gasteiger partial charge in [-0.25, -0.2) is 4.79 Å². The molecule has 2 aromatic carbocycles. The number of benzene rings is 2. The number of ether oxygens (including phenoxy) is 2. The van der Waals surface area contributed by atoms with Gasteiger partial charge < -0.3 is 19.2 Å². The van der Waals surface area contributed by atoms with Crippen molar-refractivity contribution in [2.24, 2.45) is 0 Å². The van der Waals surface area contributed by atoms with E-state index in [0.717, 1.165) is 10.9 Å². The van der Waals surface area contributed by atoms with Crippen LogP contribution in [0.4, 0.5) is 5.69 Å². The number of anilines is 1. The molecule has 0 spiro atoms. The minimum atomic E-state index is -0.453. The summed E-state index contributed by atoms with van der Waals surface area (Å²) < 4.78 is 15.7. The molecule has 3 rings (SSSR count). The summed E-state index contributed by atoms with van der Waals surface area (Å²) >= 11 is 0. The third-order valence-electron chi connectivity index (χ3n) is 4.34. The van der Waals surface area contributed by atoms with Gasteiger partial charge in [-0.2, -0.15) is 0 Å². The van der Waals surface area contributed by atoms with Gasteiger partial charge in [0.05, 0.1) is 19.8 Å². The molecule has 0 aliphatic carbocycles. The molecule has 0 atom stereocenters. The Balaban J connectivity index is 1.95. The van der Waals surface area contributed by atoms with Crippen LogP contribution < -0.4 is 10.1 Å². The zero-order valence-electron chi connectivity index (χ0n) is 15.0.